The van der Waals surface area contributed by atoms with Crippen LogP contribution >= 0.6 is 0 Å². The Kier molecular flexibility index (Phi) is 9.77. The highest BCUT2D eigenvalue weighted by molar-refractivity contribution is 5.69. The lowest BCUT2D eigenvalue weighted by molar-refractivity contribution is 0.148. The molecule has 10 heavy (non-hydrogen) atoms. The summed E-state index contributed by atoms with van der Waals surface area (Å²) in [6.07, 6.45) is 0.134. The molecule has 0 aromatic heterocycles. The maximum absolute atomic E-state index is 9.00. The molecule has 0 heterocycles. The van der Waals surface area contributed by atoms with Crippen molar-refractivity contribution in [2.24, 2.45) is 11.5 Å². The van der Waals surface area contributed by atoms with Crippen LogP contribution in [0.25, 0.3) is 0 Å². The lowest BCUT2D eigenvalue weighted by atomic mass is 10.3. The number of amides is 2. The third kappa shape index (κ3) is 57.4. The average molecular weight is 150 g/mol. The average Bonchev–Trinajstić information content (AvgIpc) is 1.62. The van der Waals surface area contributed by atoms with E-state index in [1.54, 1.807) is 6.92 Å². The molecule has 62 valence electrons. The Morgan fingerprint density at radius 1 is 1.60 bits per heavy atom. The Morgan fingerprint density at radius 3 is 1.90 bits per heavy atom. The van der Waals surface area contributed by atoms with E-state index in [2.05, 4.69) is 11.5 Å². The van der Waals surface area contributed by atoms with Gasteiger partial charge in [-0.05, 0) is 13.3 Å². The number of urea groups is 1. The molecule has 0 aliphatic carbocycles. The van der Waals surface area contributed by atoms with Crippen LogP contribution in [0.5, 0.6) is 0 Å². The highest BCUT2D eigenvalue weighted by atomic mass is 16.3. The van der Waals surface area contributed by atoms with Gasteiger partial charge < -0.3 is 21.7 Å². The lowest BCUT2D eigenvalue weighted by Crippen LogP contribution is -2.18. The van der Waals surface area contributed by atoms with E-state index in [-0.39, 0.29) is 12.7 Å². The maximum atomic E-state index is 9.00. The third-order valence-corrected chi connectivity index (χ3v) is 0.547. The minimum absolute atomic E-state index is 0.0810. The molecule has 0 fully saturated rings. The molecule has 5 heteroatoms. The predicted octanol–water partition coefficient (Wildman–Crippen LogP) is -1.23. The molecule has 0 aliphatic heterocycles. The van der Waals surface area contributed by atoms with E-state index in [4.69, 9.17) is 15.0 Å². The summed E-state index contributed by atoms with van der Waals surface area (Å²) in [5.74, 6) is 0. The van der Waals surface area contributed by atoms with Gasteiger partial charge in [-0.3, -0.25) is 0 Å². The van der Waals surface area contributed by atoms with Gasteiger partial charge in [-0.1, -0.05) is 0 Å². The van der Waals surface area contributed by atoms with Crippen LogP contribution in [0.4, 0.5) is 4.79 Å². The zero-order valence-electron chi connectivity index (χ0n) is 5.95. The third-order valence-electron chi connectivity index (χ3n) is 0.547. The van der Waals surface area contributed by atoms with Gasteiger partial charge in [0, 0.05) is 6.61 Å². The Hall–Kier alpha value is -0.810. The number of nitrogens with two attached hydrogens (primary N) is 2. The van der Waals surface area contributed by atoms with Gasteiger partial charge in [-0.15, -0.1) is 0 Å². The fourth-order valence-corrected chi connectivity index (χ4v) is 0.187. The molecule has 1 unspecified atom stereocenters. The zero-order valence-corrected chi connectivity index (χ0v) is 5.95. The van der Waals surface area contributed by atoms with Crippen molar-refractivity contribution in [2.45, 2.75) is 19.4 Å². The number of hydrogen-bond donors (Lipinski definition) is 4. The van der Waals surface area contributed by atoms with Crippen LogP contribution in [0.3, 0.4) is 0 Å². The molecule has 0 saturated heterocycles. The van der Waals surface area contributed by atoms with Gasteiger partial charge >= 0.3 is 6.03 Å². The minimum atomic E-state index is -0.833. The smallest absolute Gasteiger partial charge is 0.309 e. The van der Waals surface area contributed by atoms with Crippen LogP contribution in [-0.2, 0) is 0 Å². The Bertz CT molecular complexity index is 81.0. The first-order chi connectivity index (χ1) is 4.50. The van der Waals surface area contributed by atoms with Gasteiger partial charge in [-0.2, -0.15) is 0 Å². The standard InChI is InChI=1S/C4H10O2.CH4N2O/c1-4(6)2-3-5;2-1(3)4/h4-6H,2-3H2,1H3;(H4,2,3,4). The molecule has 0 saturated carbocycles. The Labute approximate surface area is 59.6 Å². The highest BCUT2D eigenvalue weighted by Crippen LogP contribution is 1.83. The Balaban J connectivity index is 0. The van der Waals surface area contributed by atoms with E-state index >= 15 is 0 Å². The summed E-state index contributed by atoms with van der Waals surface area (Å²) in [4.78, 5) is 9.00. The monoisotopic (exact) mass is 150 g/mol. The van der Waals surface area contributed by atoms with E-state index in [1.807, 2.05) is 0 Å². The van der Waals surface area contributed by atoms with E-state index in [0.29, 0.717) is 6.42 Å². The SMILES string of the molecule is CC(O)CCO.NC(N)=O. The first-order valence-electron chi connectivity index (χ1n) is 2.84. The number of aliphatic hydroxyl groups excluding tert-OH is 2. The van der Waals surface area contributed by atoms with Crippen molar-refractivity contribution in [2.75, 3.05) is 6.61 Å². The number of primary amides is 2. The van der Waals surface area contributed by atoms with Crippen molar-refractivity contribution in [1.82, 2.24) is 0 Å². The molecule has 0 aromatic rings. The fourth-order valence-electron chi connectivity index (χ4n) is 0.187. The van der Waals surface area contributed by atoms with Crippen LogP contribution in [0, 0.1) is 0 Å². The normalized spacial score (nSPS) is 11.1. The molecule has 1 atom stereocenters. The number of hydrogen-bond acceptors (Lipinski definition) is 3. The number of carbonyl (C=O) groups is 1. The van der Waals surface area contributed by atoms with Crippen molar-refractivity contribution in [3.63, 3.8) is 0 Å². The van der Waals surface area contributed by atoms with Crippen LogP contribution in [0.15, 0.2) is 0 Å². The van der Waals surface area contributed by atoms with Crippen LogP contribution in [0.2, 0.25) is 0 Å². The van der Waals surface area contributed by atoms with Crippen LogP contribution in [0.1, 0.15) is 13.3 Å². The molecule has 0 radical (unpaired) electrons. The van der Waals surface area contributed by atoms with Gasteiger partial charge in [0.2, 0.25) is 0 Å². The number of aliphatic hydroxyl groups is 2. The summed E-state index contributed by atoms with van der Waals surface area (Å²) in [7, 11) is 0. The number of rotatable bonds is 2. The van der Waals surface area contributed by atoms with Crippen molar-refractivity contribution >= 4 is 6.03 Å². The largest absolute Gasteiger partial charge is 0.396 e. The quantitative estimate of drug-likeness (QED) is 0.395. The van der Waals surface area contributed by atoms with E-state index in [9.17, 15) is 0 Å². The summed E-state index contributed by atoms with van der Waals surface area (Å²) in [6.45, 7) is 1.73. The molecule has 5 nitrogen and oxygen atoms in total. The summed E-state index contributed by atoms with van der Waals surface area (Å²) >= 11 is 0. The molecule has 6 N–H and O–H groups in total. The van der Waals surface area contributed by atoms with Crippen molar-refractivity contribution < 1.29 is 15.0 Å². The number of carbonyl (C=O) groups excluding carboxylic acids is 1. The van der Waals surface area contributed by atoms with E-state index in [1.165, 1.54) is 0 Å². The minimum Gasteiger partial charge on any atom is -0.396 e. The topological polar surface area (TPSA) is 110 Å². The van der Waals surface area contributed by atoms with Gasteiger partial charge in [-0.25, -0.2) is 4.79 Å². The summed E-state index contributed by atoms with van der Waals surface area (Å²) in [5, 5.41) is 16.5. The molecular weight excluding hydrogens is 136 g/mol. The highest BCUT2D eigenvalue weighted by Gasteiger charge is 1.88. The summed E-state index contributed by atoms with van der Waals surface area (Å²) in [6, 6.07) is -0.833. The molecule has 0 aromatic carbocycles. The second kappa shape index (κ2) is 8.19. The second-order valence-corrected chi connectivity index (χ2v) is 1.76. The molecule has 0 bridgehead atoms. The van der Waals surface area contributed by atoms with Gasteiger partial charge in [0.25, 0.3) is 0 Å². The molecule has 2 amide bonds. The van der Waals surface area contributed by atoms with Gasteiger partial charge in [0.05, 0.1) is 6.10 Å². The molecule has 0 spiro atoms. The predicted molar refractivity (Wildman–Crippen MR) is 37.2 cm³/mol. The molecule has 0 aliphatic rings. The maximum Gasteiger partial charge on any atom is 0.309 e. The summed E-state index contributed by atoms with van der Waals surface area (Å²) < 4.78 is 0. The lowest BCUT2D eigenvalue weighted by Gasteiger charge is -1.95. The van der Waals surface area contributed by atoms with Crippen molar-refractivity contribution in [3.05, 3.63) is 0 Å². The van der Waals surface area contributed by atoms with Gasteiger partial charge in [0.15, 0.2) is 0 Å². The first-order valence-corrected chi connectivity index (χ1v) is 2.84. The van der Waals surface area contributed by atoms with Crippen LogP contribution in [-0.4, -0.2) is 29.0 Å². The molecule has 0 rings (SSSR count). The Morgan fingerprint density at radius 2 is 1.90 bits per heavy atom. The molecular formula is C5H14N2O3. The van der Waals surface area contributed by atoms with Crippen molar-refractivity contribution in [1.29, 1.82) is 0 Å². The zero-order chi connectivity index (χ0) is 8.57. The second-order valence-electron chi connectivity index (χ2n) is 1.76. The van der Waals surface area contributed by atoms with Gasteiger partial charge in [0.1, 0.15) is 0 Å². The van der Waals surface area contributed by atoms with E-state index < -0.39 is 6.03 Å². The van der Waals surface area contributed by atoms with Crippen molar-refractivity contribution in [3.8, 4) is 0 Å². The first kappa shape index (κ1) is 11.9. The van der Waals surface area contributed by atoms with E-state index in [0.717, 1.165) is 0 Å². The van der Waals surface area contributed by atoms with Crippen LogP contribution < -0.4 is 11.5 Å². The summed E-state index contributed by atoms with van der Waals surface area (Å²) in [5.41, 5.74) is 8.50. The fraction of sp³-hybridized carbons (Fsp3) is 0.800.